The van der Waals surface area contributed by atoms with E-state index in [1.807, 2.05) is 62.4 Å². The SMILES string of the molecule is Cc1ccc(C)c(OCC(=O)NCCc2nc3ccccc3n2CCOc2ccc(C(C)C)cc2)c1. The van der Waals surface area contributed by atoms with Crippen LogP contribution in [0.2, 0.25) is 0 Å². The highest BCUT2D eigenvalue weighted by Crippen LogP contribution is 2.21. The van der Waals surface area contributed by atoms with Crippen molar-refractivity contribution in [3.05, 3.63) is 89.2 Å². The van der Waals surface area contributed by atoms with Crippen LogP contribution in [-0.2, 0) is 17.8 Å². The van der Waals surface area contributed by atoms with Gasteiger partial charge in [0.15, 0.2) is 6.61 Å². The summed E-state index contributed by atoms with van der Waals surface area (Å²) in [4.78, 5) is 17.2. The second-order valence-corrected chi connectivity index (χ2v) is 9.40. The molecule has 0 radical (unpaired) electrons. The molecule has 6 heteroatoms. The number of para-hydroxylation sites is 2. The molecule has 1 heterocycles. The first-order valence-corrected chi connectivity index (χ1v) is 12.5. The molecular weight excluding hydrogens is 450 g/mol. The number of aryl methyl sites for hydroxylation is 2. The summed E-state index contributed by atoms with van der Waals surface area (Å²) in [6.45, 7) is 10.0. The lowest BCUT2D eigenvalue weighted by Crippen LogP contribution is -2.31. The number of amides is 1. The molecule has 1 N–H and O–H groups in total. The van der Waals surface area contributed by atoms with E-state index in [0.29, 0.717) is 32.0 Å². The van der Waals surface area contributed by atoms with Gasteiger partial charge < -0.3 is 19.4 Å². The lowest BCUT2D eigenvalue weighted by atomic mass is 10.0. The molecule has 6 nitrogen and oxygen atoms in total. The average Bonchev–Trinajstić information content (AvgIpc) is 3.22. The van der Waals surface area contributed by atoms with Crippen molar-refractivity contribution in [1.29, 1.82) is 0 Å². The molecule has 0 aliphatic heterocycles. The molecule has 188 valence electrons. The van der Waals surface area contributed by atoms with E-state index in [0.717, 1.165) is 39.5 Å². The molecule has 0 fully saturated rings. The topological polar surface area (TPSA) is 65.4 Å². The van der Waals surface area contributed by atoms with Gasteiger partial charge in [-0.1, -0.05) is 50.2 Å². The summed E-state index contributed by atoms with van der Waals surface area (Å²) < 4.78 is 13.9. The fourth-order valence-electron chi connectivity index (χ4n) is 4.14. The highest BCUT2D eigenvalue weighted by atomic mass is 16.5. The van der Waals surface area contributed by atoms with E-state index < -0.39 is 0 Å². The molecule has 1 aromatic heterocycles. The van der Waals surface area contributed by atoms with Gasteiger partial charge in [0, 0.05) is 13.0 Å². The van der Waals surface area contributed by atoms with Gasteiger partial charge in [0.05, 0.1) is 17.6 Å². The Bertz CT molecular complexity index is 1310. The van der Waals surface area contributed by atoms with Crippen LogP contribution in [-0.4, -0.2) is 35.2 Å². The Morgan fingerprint density at radius 2 is 1.78 bits per heavy atom. The van der Waals surface area contributed by atoms with Crippen molar-refractivity contribution in [2.45, 2.75) is 46.6 Å². The second kappa shape index (κ2) is 11.8. The Hall–Kier alpha value is -3.80. The Balaban J connectivity index is 1.33. The quantitative estimate of drug-likeness (QED) is 0.301. The summed E-state index contributed by atoms with van der Waals surface area (Å²) in [6.07, 6.45) is 0.618. The van der Waals surface area contributed by atoms with Crippen molar-refractivity contribution in [3.8, 4) is 11.5 Å². The van der Waals surface area contributed by atoms with Crippen molar-refractivity contribution in [3.63, 3.8) is 0 Å². The minimum Gasteiger partial charge on any atom is -0.492 e. The van der Waals surface area contributed by atoms with Crippen LogP contribution in [0, 0.1) is 13.8 Å². The number of fused-ring (bicyclic) bond motifs is 1. The van der Waals surface area contributed by atoms with Gasteiger partial charge in [0.1, 0.15) is 23.9 Å². The number of benzene rings is 3. The molecule has 0 atom stereocenters. The zero-order valence-electron chi connectivity index (χ0n) is 21.6. The largest absolute Gasteiger partial charge is 0.492 e. The molecule has 0 saturated carbocycles. The number of aromatic nitrogens is 2. The van der Waals surface area contributed by atoms with E-state index in [4.69, 9.17) is 14.5 Å². The first-order valence-electron chi connectivity index (χ1n) is 12.5. The third kappa shape index (κ3) is 6.45. The maximum absolute atomic E-state index is 12.4. The number of ether oxygens (including phenoxy) is 2. The minimum absolute atomic E-state index is 0.00977. The van der Waals surface area contributed by atoms with Crippen LogP contribution in [0.5, 0.6) is 11.5 Å². The molecule has 4 rings (SSSR count). The van der Waals surface area contributed by atoms with E-state index in [1.54, 1.807) is 0 Å². The first-order chi connectivity index (χ1) is 17.4. The number of nitrogens with zero attached hydrogens (tertiary/aromatic N) is 2. The van der Waals surface area contributed by atoms with Crippen LogP contribution in [0.4, 0.5) is 0 Å². The Morgan fingerprint density at radius 3 is 2.56 bits per heavy atom. The van der Waals surface area contributed by atoms with Crippen LogP contribution < -0.4 is 14.8 Å². The predicted molar refractivity (Wildman–Crippen MR) is 144 cm³/mol. The van der Waals surface area contributed by atoms with Crippen LogP contribution in [0.1, 0.15) is 42.3 Å². The van der Waals surface area contributed by atoms with E-state index in [-0.39, 0.29) is 12.5 Å². The van der Waals surface area contributed by atoms with E-state index in [1.165, 1.54) is 5.56 Å². The van der Waals surface area contributed by atoms with Gasteiger partial charge in [0.25, 0.3) is 5.91 Å². The van der Waals surface area contributed by atoms with Crippen molar-refractivity contribution in [2.75, 3.05) is 19.8 Å². The standard InChI is InChI=1S/C30H35N3O3/c1-21(2)24-11-13-25(14-12-24)35-18-17-33-27-8-6-5-7-26(27)32-29(33)15-16-31-30(34)20-36-28-19-22(3)9-10-23(28)4/h5-14,19,21H,15-18,20H2,1-4H3,(H,31,34). The zero-order valence-corrected chi connectivity index (χ0v) is 21.6. The van der Waals surface area contributed by atoms with Gasteiger partial charge >= 0.3 is 0 Å². The maximum Gasteiger partial charge on any atom is 0.257 e. The summed E-state index contributed by atoms with van der Waals surface area (Å²) in [7, 11) is 0. The third-order valence-corrected chi connectivity index (χ3v) is 6.24. The van der Waals surface area contributed by atoms with Crippen LogP contribution in [0.25, 0.3) is 11.0 Å². The zero-order chi connectivity index (χ0) is 25.5. The summed E-state index contributed by atoms with van der Waals surface area (Å²) in [5.74, 6) is 2.88. The van der Waals surface area contributed by atoms with Gasteiger partial charge in [-0.05, 0) is 66.8 Å². The smallest absolute Gasteiger partial charge is 0.257 e. The number of imidazole rings is 1. The lowest BCUT2D eigenvalue weighted by molar-refractivity contribution is -0.123. The number of carbonyl (C=O) groups excluding carboxylic acids is 1. The molecule has 4 aromatic rings. The maximum atomic E-state index is 12.4. The van der Waals surface area contributed by atoms with Crippen molar-refractivity contribution in [2.24, 2.45) is 0 Å². The molecular formula is C30H35N3O3. The number of rotatable bonds is 11. The second-order valence-electron chi connectivity index (χ2n) is 9.40. The van der Waals surface area contributed by atoms with Gasteiger partial charge in [-0.15, -0.1) is 0 Å². The normalized spacial score (nSPS) is 11.1. The van der Waals surface area contributed by atoms with Crippen LogP contribution >= 0.6 is 0 Å². The van der Waals surface area contributed by atoms with E-state index in [2.05, 4.69) is 41.9 Å². The van der Waals surface area contributed by atoms with Gasteiger partial charge in [-0.3, -0.25) is 4.79 Å². The van der Waals surface area contributed by atoms with Crippen LogP contribution in [0.3, 0.4) is 0 Å². The molecule has 0 aliphatic carbocycles. The Labute approximate surface area is 213 Å². The molecule has 36 heavy (non-hydrogen) atoms. The molecule has 0 saturated heterocycles. The highest BCUT2D eigenvalue weighted by molar-refractivity contribution is 5.78. The lowest BCUT2D eigenvalue weighted by Gasteiger charge is -2.13. The minimum atomic E-state index is -0.147. The summed E-state index contributed by atoms with van der Waals surface area (Å²) in [5, 5.41) is 2.95. The Kier molecular flexibility index (Phi) is 8.26. The van der Waals surface area contributed by atoms with E-state index in [9.17, 15) is 4.79 Å². The van der Waals surface area contributed by atoms with Crippen molar-refractivity contribution < 1.29 is 14.3 Å². The molecule has 1 amide bonds. The predicted octanol–water partition coefficient (Wildman–Crippen LogP) is 5.59. The molecule has 0 unspecified atom stereocenters. The van der Waals surface area contributed by atoms with Crippen molar-refractivity contribution >= 4 is 16.9 Å². The number of hydrogen-bond donors (Lipinski definition) is 1. The monoisotopic (exact) mass is 485 g/mol. The average molecular weight is 486 g/mol. The number of hydrogen-bond acceptors (Lipinski definition) is 4. The number of carbonyl (C=O) groups is 1. The van der Waals surface area contributed by atoms with E-state index >= 15 is 0 Å². The highest BCUT2D eigenvalue weighted by Gasteiger charge is 2.12. The van der Waals surface area contributed by atoms with Gasteiger partial charge in [0.2, 0.25) is 0 Å². The van der Waals surface area contributed by atoms with Gasteiger partial charge in [-0.2, -0.15) is 0 Å². The molecule has 3 aromatic carbocycles. The number of nitrogens with one attached hydrogen (secondary N) is 1. The molecule has 0 aliphatic rings. The first kappa shape index (κ1) is 25.3. The Morgan fingerprint density at radius 1 is 1.00 bits per heavy atom. The van der Waals surface area contributed by atoms with Crippen molar-refractivity contribution in [1.82, 2.24) is 14.9 Å². The summed E-state index contributed by atoms with van der Waals surface area (Å²) in [5.41, 5.74) is 5.42. The summed E-state index contributed by atoms with van der Waals surface area (Å²) in [6, 6.07) is 22.3. The summed E-state index contributed by atoms with van der Waals surface area (Å²) >= 11 is 0. The molecule has 0 bridgehead atoms. The molecule has 0 spiro atoms. The fraction of sp³-hybridized carbons (Fsp3) is 0.333. The van der Waals surface area contributed by atoms with Crippen LogP contribution in [0.15, 0.2) is 66.7 Å². The van der Waals surface area contributed by atoms with Gasteiger partial charge in [-0.25, -0.2) is 4.98 Å². The fourth-order valence-corrected chi connectivity index (χ4v) is 4.14. The third-order valence-electron chi connectivity index (χ3n) is 6.24.